The first-order valence-electron chi connectivity index (χ1n) is 8.31. The van der Waals surface area contributed by atoms with E-state index in [1.165, 1.54) is 0 Å². The Morgan fingerprint density at radius 2 is 2.25 bits per heavy atom. The topological polar surface area (TPSA) is 72.0 Å². The number of amides is 2. The summed E-state index contributed by atoms with van der Waals surface area (Å²) in [5.74, 6) is 0.258. The molecule has 0 radical (unpaired) electrons. The van der Waals surface area contributed by atoms with Crippen LogP contribution in [-0.4, -0.2) is 61.2 Å². The van der Waals surface area contributed by atoms with Crippen molar-refractivity contribution in [2.75, 3.05) is 38.3 Å². The number of fused-ring (bicyclic) bond motifs is 1. The quantitative estimate of drug-likeness (QED) is 0.829. The van der Waals surface area contributed by atoms with E-state index in [0.717, 1.165) is 18.4 Å². The highest BCUT2D eigenvalue weighted by molar-refractivity contribution is 5.98. The molecule has 1 fully saturated rings. The largest absolute Gasteiger partial charge is 0.474 e. The fourth-order valence-electron chi connectivity index (χ4n) is 3.15. The summed E-state index contributed by atoms with van der Waals surface area (Å²) < 4.78 is 10.8. The standard InChI is InChI=1S/C17H23N3O4/c1-12-9-13-16(18-10-12)24-8-7-20(13)15(21)11-19-6-4-3-5-14(23-2)17(19)22/h9-10,14H,3-8,11H2,1-2H3. The van der Waals surface area contributed by atoms with E-state index < -0.39 is 6.10 Å². The molecule has 1 aromatic rings. The molecule has 3 rings (SSSR count). The number of aromatic nitrogens is 1. The van der Waals surface area contributed by atoms with Crippen LogP contribution in [0.15, 0.2) is 12.3 Å². The lowest BCUT2D eigenvalue weighted by molar-refractivity contribution is -0.143. The highest BCUT2D eigenvalue weighted by Gasteiger charge is 2.31. The fraction of sp³-hybridized carbons (Fsp3) is 0.588. The summed E-state index contributed by atoms with van der Waals surface area (Å²) in [7, 11) is 1.54. The number of aryl methyl sites for hydroxylation is 1. The Morgan fingerprint density at radius 1 is 1.42 bits per heavy atom. The van der Waals surface area contributed by atoms with Crippen LogP contribution in [0.5, 0.6) is 5.88 Å². The lowest BCUT2D eigenvalue weighted by Crippen LogP contribution is -2.48. The van der Waals surface area contributed by atoms with E-state index in [2.05, 4.69) is 4.98 Å². The van der Waals surface area contributed by atoms with Gasteiger partial charge in [0.2, 0.25) is 11.8 Å². The number of carbonyl (C=O) groups excluding carboxylic acids is 2. The van der Waals surface area contributed by atoms with Crippen molar-refractivity contribution in [2.24, 2.45) is 0 Å². The maximum Gasteiger partial charge on any atom is 0.252 e. The first kappa shape index (κ1) is 16.7. The van der Waals surface area contributed by atoms with Gasteiger partial charge in [-0.15, -0.1) is 0 Å². The number of nitrogens with zero attached hydrogens (tertiary/aromatic N) is 3. The predicted molar refractivity (Wildman–Crippen MR) is 88.1 cm³/mol. The van der Waals surface area contributed by atoms with Gasteiger partial charge in [0, 0.05) is 19.9 Å². The lowest BCUT2D eigenvalue weighted by atomic mass is 10.2. The van der Waals surface area contributed by atoms with Crippen LogP contribution in [0.4, 0.5) is 5.69 Å². The SMILES string of the molecule is COC1CCCCN(CC(=O)N2CCOc3ncc(C)cc32)C1=O. The molecule has 0 spiro atoms. The molecule has 0 saturated carbocycles. The van der Waals surface area contributed by atoms with Crippen LogP contribution in [0.3, 0.4) is 0 Å². The molecular formula is C17H23N3O4. The van der Waals surface area contributed by atoms with E-state index in [-0.39, 0.29) is 18.4 Å². The average Bonchev–Trinajstić information content (AvgIpc) is 2.76. The molecule has 0 N–H and O–H groups in total. The lowest BCUT2D eigenvalue weighted by Gasteiger charge is -2.31. The summed E-state index contributed by atoms with van der Waals surface area (Å²) in [6.45, 7) is 3.45. The Hall–Kier alpha value is -2.15. The van der Waals surface area contributed by atoms with Crippen molar-refractivity contribution >= 4 is 17.5 Å². The first-order valence-corrected chi connectivity index (χ1v) is 8.31. The van der Waals surface area contributed by atoms with E-state index in [4.69, 9.17) is 9.47 Å². The minimum atomic E-state index is -0.443. The Morgan fingerprint density at radius 3 is 3.04 bits per heavy atom. The highest BCUT2D eigenvalue weighted by Crippen LogP contribution is 2.30. The number of likely N-dealkylation sites (tertiary alicyclic amines) is 1. The summed E-state index contributed by atoms with van der Waals surface area (Å²) in [6, 6.07) is 1.89. The van der Waals surface area contributed by atoms with Gasteiger partial charge in [-0.2, -0.15) is 0 Å². The highest BCUT2D eigenvalue weighted by atomic mass is 16.5. The molecule has 1 saturated heterocycles. The molecule has 130 valence electrons. The third-order valence-corrected chi connectivity index (χ3v) is 4.46. The third kappa shape index (κ3) is 3.36. The Labute approximate surface area is 141 Å². The van der Waals surface area contributed by atoms with E-state index in [0.29, 0.717) is 37.7 Å². The second-order valence-corrected chi connectivity index (χ2v) is 6.21. The van der Waals surface area contributed by atoms with Gasteiger partial charge in [0.15, 0.2) is 0 Å². The molecule has 0 aliphatic carbocycles. The smallest absolute Gasteiger partial charge is 0.252 e. The number of ether oxygens (including phenoxy) is 2. The molecular weight excluding hydrogens is 310 g/mol. The summed E-state index contributed by atoms with van der Waals surface area (Å²) in [5.41, 5.74) is 1.64. The molecule has 2 aliphatic rings. The minimum Gasteiger partial charge on any atom is -0.474 e. The molecule has 7 heteroatoms. The number of carbonyl (C=O) groups is 2. The molecule has 7 nitrogen and oxygen atoms in total. The third-order valence-electron chi connectivity index (χ3n) is 4.46. The van der Waals surface area contributed by atoms with Crippen LogP contribution in [0.25, 0.3) is 0 Å². The van der Waals surface area contributed by atoms with Crippen molar-refractivity contribution in [1.82, 2.24) is 9.88 Å². The molecule has 2 aliphatic heterocycles. The van der Waals surface area contributed by atoms with Gasteiger partial charge in [-0.25, -0.2) is 4.98 Å². The Kier molecular flexibility index (Phi) is 4.99. The van der Waals surface area contributed by atoms with Crippen LogP contribution >= 0.6 is 0 Å². The number of methoxy groups -OCH3 is 1. The molecule has 1 unspecified atom stereocenters. The van der Waals surface area contributed by atoms with E-state index >= 15 is 0 Å². The zero-order valence-corrected chi connectivity index (χ0v) is 14.2. The summed E-state index contributed by atoms with van der Waals surface area (Å²) >= 11 is 0. The van der Waals surface area contributed by atoms with Crippen molar-refractivity contribution in [3.8, 4) is 5.88 Å². The van der Waals surface area contributed by atoms with E-state index in [1.807, 2.05) is 13.0 Å². The normalized spacial score (nSPS) is 21.1. The van der Waals surface area contributed by atoms with Crippen LogP contribution in [-0.2, 0) is 14.3 Å². The molecule has 0 bridgehead atoms. The van der Waals surface area contributed by atoms with Gasteiger partial charge >= 0.3 is 0 Å². The summed E-state index contributed by atoms with van der Waals surface area (Å²) in [5, 5.41) is 0. The van der Waals surface area contributed by atoms with Gasteiger partial charge in [-0.05, 0) is 37.8 Å². The summed E-state index contributed by atoms with van der Waals surface area (Å²) in [4.78, 5) is 32.8. The van der Waals surface area contributed by atoms with Gasteiger partial charge < -0.3 is 19.3 Å². The molecule has 3 heterocycles. The van der Waals surface area contributed by atoms with Crippen molar-refractivity contribution in [2.45, 2.75) is 32.3 Å². The van der Waals surface area contributed by atoms with Crippen molar-refractivity contribution < 1.29 is 19.1 Å². The van der Waals surface area contributed by atoms with Gasteiger partial charge in [-0.1, -0.05) is 0 Å². The van der Waals surface area contributed by atoms with Crippen LogP contribution in [0.1, 0.15) is 24.8 Å². The Balaban J connectivity index is 1.76. The van der Waals surface area contributed by atoms with Crippen molar-refractivity contribution in [3.05, 3.63) is 17.8 Å². The van der Waals surface area contributed by atoms with Crippen LogP contribution < -0.4 is 9.64 Å². The van der Waals surface area contributed by atoms with Gasteiger partial charge in [0.05, 0.1) is 6.54 Å². The molecule has 24 heavy (non-hydrogen) atoms. The maximum absolute atomic E-state index is 12.8. The molecule has 0 aromatic carbocycles. The van der Waals surface area contributed by atoms with E-state index in [9.17, 15) is 9.59 Å². The predicted octanol–water partition coefficient (Wildman–Crippen LogP) is 1.14. The number of hydrogen-bond donors (Lipinski definition) is 0. The fourth-order valence-corrected chi connectivity index (χ4v) is 3.15. The monoisotopic (exact) mass is 333 g/mol. The minimum absolute atomic E-state index is 0.0616. The number of pyridine rings is 1. The van der Waals surface area contributed by atoms with Crippen LogP contribution in [0.2, 0.25) is 0 Å². The zero-order chi connectivity index (χ0) is 17.1. The number of anilines is 1. The van der Waals surface area contributed by atoms with Crippen molar-refractivity contribution in [3.63, 3.8) is 0 Å². The Bertz CT molecular complexity index is 634. The number of rotatable bonds is 3. The van der Waals surface area contributed by atoms with Gasteiger partial charge in [-0.3, -0.25) is 9.59 Å². The molecule has 1 atom stereocenters. The van der Waals surface area contributed by atoms with E-state index in [1.54, 1.807) is 23.1 Å². The summed E-state index contributed by atoms with van der Waals surface area (Å²) in [6.07, 6.45) is 3.80. The molecule has 1 aromatic heterocycles. The second-order valence-electron chi connectivity index (χ2n) is 6.21. The molecule has 2 amide bonds. The zero-order valence-electron chi connectivity index (χ0n) is 14.2. The first-order chi connectivity index (χ1) is 11.6. The van der Waals surface area contributed by atoms with Crippen molar-refractivity contribution in [1.29, 1.82) is 0 Å². The average molecular weight is 333 g/mol. The second kappa shape index (κ2) is 7.17. The van der Waals surface area contributed by atoms with Gasteiger partial charge in [0.25, 0.3) is 5.91 Å². The van der Waals surface area contributed by atoms with Gasteiger partial charge in [0.1, 0.15) is 24.9 Å². The maximum atomic E-state index is 12.8. The number of hydrogen-bond acceptors (Lipinski definition) is 5. The van der Waals surface area contributed by atoms with Crippen LogP contribution in [0, 0.1) is 6.92 Å².